The van der Waals surface area contributed by atoms with E-state index in [1.807, 2.05) is 0 Å². The molecule has 3 aromatic rings. The van der Waals surface area contributed by atoms with E-state index in [9.17, 15) is 22.8 Å². The SMILES string of the molecule is Cc1cccc(C(=O)OCC(=O)Nc2nc3c(F)c(F)c(F)cc3s2)c1. The van der Waals surface area contributed by atoms with E-state index in [1.54, 1.807) is 31.2 Å². The first kappa shape index (κ1) is 17.9. The first-order chi connectivity index (χ1) is 12.3. The van der Waals surface area contributed by atoms with E-state index in [0.717, 1.165) is 23.0 Å². The van der Waals surface area contributed by atoms with Gasteiger partial charge in [0.2, 0.25) is 0 Å². The van der Waals surface area contributed by atoms with Crippen LogP contribution in [-0.4, -0.2) is 23.5 Å². The van der Waals surface area contributed by atoms with Crippen molar-refractivity contribution >= 4 is 38.6 Å². The van der Waals surface area contributed by atoms with Crippen LogP contribution in [0.2, 0.25) is 0 Å². The van der Waals surface area contributed by atoms with Crippen LogP contribution in [0, 0.1) is 24.4 Å². The molecular weight excluding hydrogens is 369 g/mol. The average Bonchev–Trinajstić information content (AvgIpc) is 3.00. The molecule has 0 radical (unpaired) electrons. The average molecular weight is 380 g/mol. The van der Waals surface area contributed by atoms with E-state index in [-0.39, 0.29) is 15.3 Å². The summed E-state index contributed by atoms with van der Waals surface area (Å²) in [4.78, 5) is 27.4. The van der Waals surface area contributed by atoms with Crippen molar-refractivity contribution in [2.45, 2.75) is 6.92 Å². The second kappa shape index (κ2) is 7.12. The third-order valence-electron chi connectivity index (χ3n) is 3.36. The van der Waals surface area contributed by atoms with Crippen LogP contribution >= 0.6 is 11.3 Å². The van der Waals surface area contributed by atoms with Crippen molar-refractivity contribution in [1.82, 2.24) is 4.98 Å². The van der Waals surface area contributed by atoms with Gasteiger partial charge in [-0.3, -0.25) is 10.1 Å². The molecule has 1 aromatic heterocycles. The fourth-order valence-electron chi connectivity index (χ4n) is 2.17. The summed E-state index contributed by atoms with van der Waals surface area (Å²) in [5.41, 5.74) is 0.770. The second-order valence-corrected chi connectivity index (χ2v) is 6.38. The number of aromatic nitrogens is 1. The van der Waals surface area contributed by atoms with Gasteiger partial charge >= 0.3 is 5.97 Å². The fourth-order valence-corrected chi connectivity index (χ4v) is 3.07. The number of carbonyl (C=O) groups is 2. The Morgan fingerprint density at radius 1 is 1.19 bits per heavy atom. The molecule has 0 atom stereocenters. The van der Waals surface area contributed by atoms with E-state index < -0.39 is 35.9 Å². The fraction of sp³-hybridized carbons (Fsp3) is 0.118. The molecule has 134 valence electrons. The summed E-state index contributed by atoms with van der Waals surface area (Å²) in [5.74, 6) is -5.80. The standard InChI is InChI=1S/C17H11F3N2O3S/c1-8-3-2-4-9(5-8)16(24)25-7-12(23)21-17-22-15-11(26-17)6-10(18)13(19)14(15)20/h2-6H,7H2,1H3,(H,21,22,23). The van der Waals surface area contributed by atoms with Crippen LogP contribution in [0.3, 0.4) is 0 Å². The number of carbonyl (C=O) groups excluding carboxylic acids is 2. The molecule has 0 aliphatic carbocycles. The van der Waals surface area contributed by atoms with Crippen LogP contribution in [0.5, 0.6) is 0 Å². The number of nitrogens with zero attached hydrogens (tertiary/aromatic N) is 1. The monoisotopic (exact) mass is 380 g/mol. The number of anilines is 1. The lowest BCUT2D eigenvalue weighted by molar-refractivity contribution is -0.119. The first-order valence-corrected chi connectivity index (χ1v) is 8.14. The molecule has 0 fully saturated rings. The Labute approximate surface area is 149 Å². The van der Waals surface area contributed by atoms with Crippen LogP contribution in [0.1, 0.15) is 15.9 Å². The zero-order chi connectivity index (χ0) is 18.8. The highest BCUT2D eigenvalue weighted by molar-refractivity contribution is 7.22. The minimum Gasteiger partial charge on any atom is -0.452 e. The summed E-state index contributed by atoms with van der Waals surface area (Å²) in [7, 11) is 0. The molecule has 26 heavy (non-hydrogen) atoms. The largest absolute Gasteiger partial charge is 0.452 e. The Morgan fingerprint density at radius 3 is 2.69 bits per heavy atom. The molecule has 0 unspecified atom stereocenters. The molecule has 0 aliphatic heterocycles. The van der Waals surface area contributed by atoms with Crippen molar-refractivity contribution in [2.24, 2.45) is 0 Å². The number of rotatable bonds is 4. The van der Waals surface area contributed by atoms with E-state index in [2.05, 4.69) is 10.3 Å². The molecule has 0 bridgehead atoms. The number of fused-ring (bicyclic) bond motifs is 1. The van der Waals surface area contributed by atoms with Gasteiger partial charge in [-0.25, -0.2) is 22.9 Å². The summed E-state index contributed by atoms with van der Waals surface area (Å²) >= 11 is 0.765. The predicted molar refractivity (Wildman–Crippen MR) is 89.6 cm³/mol. The molecule has 2 aromatic carbocycles. The number of thiazole rings is 1. The van der Waals surface area contributed by atoms with Crippen LogP contribution < -0.4 is 5.32 Å². The highest BCUT2D eigenvalue weighted by Crippen LogP contribution is 2.30. The first-order valence-electron chi connectivity index (χ1n) is 7.33. The molecule has 1 amide bonds. The van der Waals surface area contributed by atoms with Gasteiger partial charge in [-0.05, 0) is 25.1 Å². The van der Waals surface area contributed by atoms with E-state index >= 15 is 0 Å². The van der Waals surface area contributed by atoms with Gasteiger partial charge in [0, 0.05) is 0 Å². The Morgan fingerprint density at radius 2 is 1.96 bits per heavy atom. The molecule has 0 aliphatic rings. The lowest BCUT2D eigenvalue weighted by atomic mass is 10.1. The smallest absolute Gasteiger partial charge is 0.338 e. The minimum absolute atomic E-state index is 0.0356. The van der Waals surface area contributed by atoms with E-state index in [0.29, 0.717) is 5.56 Å². The Balaban J connectivity index is 1.66. The maximum atomic E-state index is 13.6. The lowest BCUT2D eigenvalue weighted by Gasteiger charge is -2.05. The maximum Gasteiger partial charge on any atom is 0.338 e. The molecular formula is C17H11F3N2O3S. The van der Waals surface area contributed by atoms with Crippen molar-refractivity contribution in [3.63, 3.8) is 0 Å². The number of nitrogens with one attached hydrogen (secondary N) is 1. The second-order valence-electron chi connectivity index (χ2n) is 5.35. The molecule has 0 saturated heterocycles. The van der Waals surface area contributed by atoms with Crippen molar-refractivity contribution in [3.05, 3.63) is 58.9 Å². The highest BCUT2D eigenvalue weighted by Gasteiger charge is 2.18. The number of aryl methyl sites for hydroxylation is 1. The Hall–Kier alpha value is -2.94. The minimum atomic E-state index is -1.63. The van der Waals surface area contributed by atoms with E-state index in [1.165, 1.54) is 0 Å². The number of hydrogen-bond acceptors (Lipinski definition) is 5. The number of halogens is 3. The number of hydrogen-bond donors (Lipinski definition) is 1. The van der Waals surface area contributed by atoms with E-state index in [4.69, 9.17) is 4.74 Å². The van der Waals surface area contributed by atoms with Gasteiger partial charge < -0.3 is 4.74 Å². The topological polar surface area (TPSA) is 68.3 Å². The predicted octanol–water partition coefficient (Wildman–Crippen LogP) is 3.82. The number of esters is 1. The summed E-state index contributed by atoms with van der Waals surface area (Å²) in [6.45, 7) is 1.22. The maximum absolute atomic E-state index is 13.6. The third kappa shape index (κ3) is 3.67. The van der Waals surface area contributed by atoms with Gasteiger partial charge in [0.15, 0.2) is 29.2 Å². The normalized spacial score (nSPS) is 10.8. The summed E-state index contributed by atoms with van der Waals surface area (Å²) in [6, 6.07) is 7.44. The number of benzene rings is 2. The number of ether oxygens (including phenoxy) is 1. The summed E-state index contributed by atoms with van der Waals surface area (Å²) in [5, 5.41) is 2.23. The van der Waals surface area contributed by atoms with Gasteiger partial charge in [-0.1, -0.05) is 29.0 Å². The summed E-state index contributed by atoms with van der Waals surface area (Å²) < 4.78 is 45.0. The quantitative estimate of drug-likeness (QED) is 0.552. The van der Waals surface area contributed by atoms with Gasteiger partial charge in [0.1, 0.15) is 5.52 Å². The Bertz CT molecular complexity index is 1020. The molecule has 1 heterocycles. The highest BCUT2D eigenvalue weighted by atomic mass is 32.1. The van der Waals surface area contributed by atoms with Gasteiger partial charge in [0.05, 0.1) is 10.3 Å². The van der Waals surface area contributed by atoms with Crippen LogP contribution in [-0.2, 0) is 9.53 Å². The molecule has 0 spiro atoms. The third-order valence-corrected chi connectivity index (χ3v) is 4.27. The number of amides is 1. The molecule has 5 nitrogen and oxygen atoms in total. The van der Waals surface area contributed by atoms with Gasteiger partial charge in [-0.2, -0.15) is 0 Å². The van der Waals surface area contributed by atoms with Crippen molar-refractivity contribution < 1.29 is 27.5 Å². The molecule has 1 N–H and O–H groups in total. The molecule has 9 heteroatoms. The van der Waals surface area contributed by atoms with Crippen LogP contribution in [0.4, 0.5) is 18.3 Å². The zero-order valence-corrected chi connectivity index (χ0v) is 14.1. The van der Waals surface area contributed by atoms with Crippen molar-refractivity contribution in [3.8, 4) is 0 Å². The van der Waals surface area contributed by atoms with Crippen molar-refractivity contribution in [2.75, 3.05) is 11.9 Å². The van der Waals surface area contributed by atoms with Crippen LogP contribution in [0.15, 0.2) is 30.3 Å². The lowest BCUT2D eigenvalue weighted by Crippen LogP contribution is -2.20. The molecule has 3 rings (SSSR count). The van der Waals surface area contributed by atoms with Crippen LogP contribution in [0.25, 0.3) is 10.2 Å². The van der Waals surface area contributed by atoms with Gasteiger partial charge in [0.25, 0.3) is 5.91 Å². The summed E-state index contributed by atoms with van der Waals surface area (Å²) in [6.07, 6.45) is 0. The van der Waals surface area contributed by atoms with Crippen molar-refractivity contribution in [1.29, 1.82) is 0 Å². The Kier molecular flexibility index (Phi) is 4.90. The van der Waals surface area contributed by atoms with Gasteiger partial charge in [-0.15, -0.1) is 0 Å². The molecule has 0 saturated carbocycles. The zero-order valence-electron chi connectivity index (χ0n) is 13.3.